The van der Waals surface area contributed by atoms with Gasteiger partial charge in [-0.2, -0.15) is 5.10 Å². The standard InChI is InChI=1S/C21H21N3O4S/c1-28-21(27)14-8-10-23(11-9-14)18(25)13-24-20(26)16-6-3-2-5-15(16)19(22-24)17-7-4-12-29-17/h2-7,12,14H,8-11,13H2,1H3. The predicted octanol–water partition coefficient (Wildman–Crippen LogP) is 2.54. The number of nitrogens with zero attached hydrogens (tertiary/aromatic N) is 3. The van der Waals surface area contributed by atoms with Crippen LogP contribution in [0.2, 0.25) is 0 Å². The van der Waals surface area contributed by atoms with Gasteiger partial charge in [-0.3, -0.25) is 14.4 Å². The normalized spacial score (nSPS) is 14.9. The van der Waals surface area contributed by atoms with Gasteiger partial charge in [0.05, 0.1) is 23.3 Å². The summed E-state index contributed by atoms with van der Waals surface area (Å²) in [6.45, 7) is 0.822. The number of likely N-dealkylation sites (tertiary alicyclic amines) is 1. The van der Waals surface area contributed by atoms with Crippen molar-refractivity contribution >= 4 is 34.0 Å². The summed E-state index contributed by atoms with van der Waals surface area (Å²) in [6.07, 6.45) is 1.14. The van der Waals surface area contributed by atoms with Crippen LogP contribution in [0.4, 0.5) is 0 Å². The number of methoxy groups -OCH3 is 1. The monoisotopic (exact) mass is 411 g/mol. The van der Waals surface area contributed by atoms with Crippen molar-refractivity contribution in [3.63, 3.8) is 0 Å². The predicted molar refractivity (Wildman–Crippen MR) is 111 cm³/mol. The molecule has 1 saturated heterocycles. The van der Waals surface area contributed by atoms with E-state index in [9.17, 15) is 14.4 Å². The number of amides is 1. The molecule has 1 amide bonds. The molecule has 1 aliphatic heterocycles. The number of rotatable bonds is 4. The molecule has 1 aliphatic rings. The summed E-state index contributed by atoms with van der Waals surface area (Å²) < 4.78 is 6.05. The molecule has 0 N–H and O–H groups in total. The van der Waals surface area contributed by atoms with E-state index < -0.39 is 0 Å². The van der Waals surface area contributed by atoms with Gasteiger partial charge < -0.3 is 9.64 Å². The Balaban J connectivity index is 1.60. The van der Waals surface area contributed by atoms with E-state index in [1.165, 1.54) is 11.8 Å². The van der Waals surface area contributed by atoms with Crippen LogP contribution in [0.5, 0.6) is 0 Å². The molecular formula is C21H21N3O4S. The van der Waals surface area contributed by atoms with Crippen molar-refractivity contribution in [1.29, 1.82) is 0 Å². The van der Waals surface area contributed by atoms with Crippen molar-refractivity contribution in [2.24, 2.45) is 5.92 Å². The minimum atomic E-state index is -0.279. The molecule has 3 heterocycles. The first-order chi connectivity index (χ1) is 14.1. The maximum atomic E-state index is 12.9. The summed E-state index contributed by atoms with van der Waals surface area (Å²) >= 11 is 1.54. The molecule has 0 atom stereocenters. The second-order valence-electron chi connectivity index (χ2n) is 7.01. The van der Waals surface area contributed by atoms with Crippen LogP contribution < -0.4 is 5.56 Å². The Morgan fingerprint density at radius 1 is 1.14 bits per heavy atom. The molecule has 8 heteroatoms. The molecule has 1 aromatic carbocycles. The number of hydrogen-bond donors (Lipinski definition) is 0. The molecule has 0 radical (unpaired) electrons. The van der Waals surface area contributed by atoms with E-state index in [1.807, 2.05) is 35.7 Å². The third kappa shape index (κ3) is 3.80. The summed E-state index contributed by atoms with van der Waals surface area (Å²) in [5, 5.41) is 7.81. The van der Waals surface area contributed by atoms with Crippen LogP contribution in [0.15, 0.2) is 46.6 Å². The van der Waals surface area contributed by atoms with E-state index in [0.29, 0.717) is 37.0 Å². The quantitative estimate of drug-likeness (QED) is 0.616. The minimum Gasteiger partial charge on any atom is -0.469 e. The number of thiophene rings is 1. The molecule has 0 spiro atoms. The van der Waals surface area contributed by atoms with Crippen LogP contribution in [-0.4, -0.2) is 46.8 Å². The van der Waals surface area contributed by atoms with Crippen molar-refractivity contribution in [2.75, 3.05) is 20.2 Å². The largest absolute Gasteiger partial charge is 0.469 e. The fourth-order valence-corrected chi connectivity index (χ4v) is 4.42. The first-order valence-corrected chi connectivity index (χ1v) is 10.4. The molecule has 0 aliphatic carbocycles. The van der Waals surface area contributed by atoms with Crippen molar-refractivity contribution in [3.05, 3.63) is 52.1 Å². The highest BCUT2D eigenvalue weighted by Crippen LogP contribution is 2.28. The molecule has 3 aromatic rings. The maximum Gasteiger partial charge on any atom is 0.308 e. The Kier molecular flexibility index (Phi) is 5.44. The van der Waals surface area contributed by atoms with Crippen LogP contribution in [0.25, 0.3) is 21.3 Å². The lowest BCUT2D eigenvalue weighted by molar-refractivity contribution is -0.149. The number of ether oxygens (including phenoxy) is 1. The summed E-state index contributed by atoms with van der Waals surface area (Å²) in [5.74, 6) is -0.573. The van der Waals surface area contributed by atoms with Gasteiger partial charge in [-0.1, -0.05) is 24.3 Å². The van der Waals surface area contributed by atoms with Crippen molar-refractivity contribution in [3.8, 4) is 10.6 Å². The zero-order chi connectivity index (χ0) is 20.4. The summed E-state index contributed by atoms with van der Waals surface area (Å²) in [4.78, 5) is 40.0. The SMILES string of the molecule is COC(=O)C1CCN(C(=O)Cn2nc(-c3cccs3)c3ccccc3c2=O)CC1. The lowest BCUT2D eigenvalue weighted by Gasteiger charge is -2.30. The molecule has 150 valence electrons. The van der Waals surface area contributed by atoms with Crippen molar-refractivity contribution < 1.29 is 14.3 Å². The van der Waals surface area contributed by atoms with Crippen LogP contribution >= 0.6 is 11.3 Å². The molecular weight excluding hydrogens is 390 g/mol. The second kappa shape index (κ2) is 8.16. The van der Waals surface area contributed by atoms with Gasteiger partial charge in [0.2, 0.25) is 5.91 Å². The van der Waals surface area contributed by atoms with Crippen molar-refractivity contribution in [2.45, 2.75) is 19.4 Å². The first kappa shape index (κ1) is 19.3. The maximum absolute atomic E-state index is 12.9. The third-order valence-electron chi connectivity index (χ3n) is 5.29. The minimum absolute atomic E-state index is 0.120. The summed E-state index contributed by atoms with van der Waals surface area (Å²) in [6, 6.07) is 11.2. The van der Waals surface area contributed by atoms with Crippen molar-refractivity contribution in [1.82, 2.24) is 14.7 Å². The number of carbonyl (C=O) groups excluding carboxylic acids is 2. The molecule has 1 fully saturated rings. The molecule has 2 aromatic heterocycles. The van der Waals surface area contributed by atoms with E-state index >= 15 is 0 Å². The Hall–Kier alpha value is -3.00. The van der Waals surface area contributed by atoms with E-state index in [4.69, 9.17) is 4.74 Å². The number of carbonyl (C=O) groups is 2. The highest BCUT2D eigenvalue weighted by molar-refractivity contribution is 7.13. The molecule has 0 saturated carbocycles. The lowest BCUT2D eigenvalue weighted by Crippen LogP contribution is -2.43. The number of piperidine rings is 1. The Morgan fingerprint density at radius 2 is 1.86 bits per heavy atom. The van der Waals surface area contributed by atoms with E-state index in [0.717, 1.165) is 10.3 Å². The number of fused-ring (bicyclic) bond motifs is 1. The number of esters is 1. The second-order valence-corrected chi connectivity index (χ2v) is 7.96. The number of benzene rings is 1. The van der Waals surface area contributed by atoms with Crippen LogP contribution in [0.3, 0.4) is 0 Å². The fourth-order valence-electron chi connectivity index (χ4n) is 3.70. The highest BCUT2D eigenvalue weighted by atomic mass is 32.1. The summed E-state index contributed by atoms with van der Waals surface area (Å²) in [7, 11) is 1.38. The topological polar surface area (TPSA) is 81.5 Å². The average Bonchev–Trinajstić information content (AvgIpc) is 3.30. The molecule has 0 bridgehead atoms. The molecule has 4 rings (SSSR count). The summed E-state index contributed by atoms with van der Waals surface area (Å²) in [5.41, 5.74) is 0.422. The van der Waals surface area contributed by atoms with E-state index in [-0.39, 0.29) is 29.9 Å². The Labute approximate surface area is 171 Å². The van der Waals surface area contributed by atoms with Crippen LogP contribution in [0, 0.1) is 5.92 Å². The van der Waals surface area contributed by atoms with Gasteiger partial charge in [-0.25, -0.2) is 4.68 Å². The average molecular weight is 411 g/mol. The lowest BCUT2D eigenvalue weighted by atomic mass is 9.97. The van der Waals surface area contributed by atoms with Gasteiger partial charge in [-0.15, -0.1) is 11.3 Å². The zero-order valence-corrected chi connectivity index (χ0v) is 16.9. The van der Waals surface area contributed by atoms with Gasteiger partial charge in [0.25, 0.3) is 5.56 Å². The Morgan fingerprint density at radius 3 is 2.52 bits per heavy atom. The number of aromatic nitrogens is 2. The first-order valence-electron chi connectivity index (χ1n) is 9.48. The van der Waals surface area contributed by atoms with Gasteiger partial charge in [0.1, 0.15) is 12.2 Å². The van der Waals surface area contributed by atoms with Crippen LogP contribution in [0.1, 0.15) is 12.8 Å². The van der Waals surface area contributed by atoms with E-state index in [2.05, 4.69) is 5.10 Å². The third-order valence-corrected chi connectivity index (χ3v) is 6.17. The van der Waals surface area contributed by atoms with Gasteiger partial charge in [0, 0.05) is 18.5 Å². The van der Waals surface area contributed by atoms with Crippen LogP contribution in [-0.2, 0) is 20.9 Å². The van der Waals surface area contributed by atoms with Gasteiger partial charge >= 0.3 is 5.97 Å². The fraction of sp³-hybridized carbons (Fsp3) is 0.333. The molecule has 29 heavy (non-hydrogen) atoms. The smallest absolute Gasteiger partial charge is 0.308 e. The number of hydrogen-bond acceptors (Lipinski definition) is 6. The van der Waals surface area contributed by atoms with Gasteiger partial charge in [0.15, 0.2) is 0 Å². The zero-order valence-electron chi connectivity index (χ0n) is 16.0. The highest BCUT2D eigenvalue weighted by Gasteiger charge is 2.28. The molecule has 0 unspecified atom stereocenters. The van der Waals surface area contributed by atoms with Gasteiger partial charge in [-0.05, 0) is 30.4 Å². The Bertz CT molecular complexity index is 1100. The molecule has 7 nitrogen and oxygen atoms in total. The van der Waals surface area contributed by atoms with E-state index in [1.54, 1.807) is 22.3 Å².